The van der Waals surface area contributed by atoms with Gasteiger partial charge in [-0.3, -0.25) is 0 Å². The van der Waals surface area contributed by atoms with E-state index in [2.05, 4.69) is 33.9 Å². The molecule has 2 aliphatic heterocycles. The predicted octanol–water partition coefficient (Wildman–Crippen LogP) is 5.53. The average molecular weight is 547 g/mol. The van der Waals surface area contributed by atoms with Gasteiger partial charge in [-0.25, -0.2) is 9.18 Å². The van der Waals surface area contributed by atoms with E-state index >= 15 is 4.39 Å². The van der Waals surface area contributed by atoms with Crippen molar-refractivity contribution in [3.8, 4) is 28.7 Å². The number of benzene rings is 2. The van der Waals surface area contributed by atoms with Gasteiger partial charge in [0.25, 0.3) is 0 Å². The molecule has 8 nitrogen and oxygen atoms in total. The van der Waals surface area contributed by atoms with Crippen LogP contribution < -0.4 is 23.7 Å². The van der Waals surface area contributed by atoms with Crippen molar-refractivity contribution in [1.29, 1.82) is 0 Å². The molecule has 206 valence electrons. The summed E-state index contributed by atoms with van der Waals surface area (Å²) in [7, 11) is 2.08. The molecule has 0 bridgehead atoms. The summed E-state index contributed by atoms with van der Waals surface area (Å²) in [6.07, 6.45) is -0.713. The van der Waals surface area contributed by atoms with Crippen LogP contribution in [0.25, 0.3) is 0 Å². The van der Waals surface area contributed by atoms with E-state index in [9.17, 15) is 4.79 Å². The Kier molecular flexibility index (Phi) is 6.34. The van der Waals surface area contributed by atoms with Crippen molar-refractivity contribution in [2.45, 2.75) is 56.6 Å². The lowest BCUT2D eigenvalue weighted by molar-refractivity contribution is -0.150. The highest BCUT2D eigenvalue weighted by Gasteiger charge is 2.66. The van der Waals surface area contributed by atoms with Gasteiger partial charge in [-0.1, -0.05) is 20.8 Å². The first-order valence-electron chi connectivity index (χ1n) is 12.6. The smallest absolute Gasteiger partial charge is 0.345 e. The van der Waals surface area contributed by atoms with E-state index < -0.39 is 37.9 Å². The Morgan fingerprint density at radius 2 is 1.50 bits per heavy atom. The lowest BCUT2D eigenvalue weighted by atomic mass is 9.64. The van der Waals surface area contributed by atoms with Crippen LogP contribution in [0.1, 0.15) is 49.5 Å². The third-order valence-electron chi connectivity index (χ3n) is 8.48. The molecule has 4 unspecified atom stereocenters. The molecule has 1 fully saturated rings. The fourth-order valence-corrected chi connectivity index (χ4v) is 6.71. The standard InChI is InChI=1S/C28H35FO8Si/c1-27(2,3)38(7,8)37-24-17-12-20-19(35-14-36-20)11-16(17)23(28(29)18(24)13-34-26(28)30)15-9-21(31-4)25(33-6)22(10-15)32-5/h9-12,18,23-24H,13-14H2,1-8H3. The second kappa shape index (κ2) is 9.05. The molecular weight excluding hydrogens is 511 g/mol. The SMILES string of the molecule is COc1cc(C2c3cc4c(cc3C(O[Si](C)(C)C(C)(C)C)C3COC(=O)C23F)OCO4)cc(OC)c1OC. The summed E-state index contributed by atoms with van der Waals surface area (Å²) in [5.41, 5.74) is -0.589. The molecule has 38 heavy (non-hydrogen) atoms. The Hall–Kier alpha value is -2.98. The van der Waals surface area contributed by atoms with Crippen LogP contribution >= 0.6 is 0 Å². The van der Waals surface area contributed by atoms with Crippen LogP contribution in [-0.2, 0) is 14.0 Å². The number of carbonyl (C=O) groups excluding carboxylic acids is 1. The van der Waals surface area contributed by atoms with E-state index in [1.165, 1.54) is 21.3 Å². The van der Waals surface area contributed by atoms with Crippen LogP contribution in [0.3, 0.4) is 0 Å². The van der Waals surface area contributed by atoms with Crippen LogP contribution in [0.2, 0.25) is 18.1 Å². The molecule has 10 heteroatoms. The number of hydrogen-bond donors (Lipinski definition) is 0. The Morgan fingerprint density at radius 1 is 0.921 bits per heavy atom. The summed E-state index contributed by atoms with van der Waals surface area (Å²) in [4.78, 5) is 13.3. The topological polar surface area (TPSA) is 81.7 Å². The normalized spacial score (nSPS) is 25.9. The monoisotopic (exact) mass is 546 g/mol. The van der Waals surface area contributed by atoms with E-state index in [1.807, 2.05) is 6.07 Å². The van der Waals surface area contributed by atoms with Gasteiger partial charge in [0.05, 0.1) is 39.3 Å². The molecule has 5 rings (SSSR count). The number of halogens is 1. The number of rotatable bonds is 6. The zero-order chi connectivity index (χ0) is 27.6. The Balaban J connectivity index is 1.78. The number of hydrogen-bond acceptors (Lipinski definition) is 8. The minimum absolute atomic E-state index is 0.0626. The maximum atomic E-state index is 17.6. The Morgan fingerprint density at radius 3 is 2.03 bits per heavy atom. The summed E-state index contributed by atoms with van der Waals surface area (Å²) in [6, 6.07) is 6.98. The minimum atomic E-state index is -2.41. The maximum absolute atomic E-state index is 17.6. The first kappa shape index (κ1) is 26.6. The molecule has 0 N–H and O–H groups in total. The van der Waals surface area contributed by atoms with Crippen LogP contribution in [0.5, 0.6) is 28.7 Å². The zero-order valence-corrected chi connectivity index (χ0v) is 24.1. The van der Waals surface area contributed by atoms with E-state index in [1.54, 1.807) is 18.2 Å². The zero-order valence-electron chi connectivity index (χ0n) is 23.1. The van der Waals surface area contributed by atoms with Gasteiger partial charge < -0.3 is 32.8 Å². The molecular formula is C28H35FO8Si. The molecule has 1 saturated heterocycles. The molecule has 0 saturated carbocycles. The molecule has 0 radical (unpaired) electrons. The van der Waals surface area contributed by atoms with Gasteiger partial charge in [-0.05, 0) is 59.1 Å². The summed E-state index contributed by atoms with van der Waals surface area (Å²) in [5, 5.41) is -0.139. The van der Waals surface area contributed by atoms with Gasteiger partial charge in [0.2, 0.25) is 18.2 Å². The van der Waals surface area contributed by atoms with Gasteiger partial charge >= 0.3 is 5.97 Å². The predicted molar refractivity (Wildman–Crippen MR) is 140 cm³/mol. The number of carbonyl (C=O) groups is 1. The highest BCUT2D eigenvalue weighted by atomic mass is 28.4. The summed E-state index contributed by atoms with van der Waals surface area (Å²) in [5.74, 6) is -0.688. The van der Waals surface area contributed by atoms with Crippen LogP contribution in [0.15, 0.2) is 24.3 Å². The Labute approximate surface area is 223 Å². The third kappa shape index (κ3) is 3.83. The number of cyclic esters (lactones) is 1. The van der Waals surface area contributed by atoms with Gasteiger partial charge in [-0.15, -0.1) is 0 Å². The van der Waals surface area contributed by atoms with E-state index in [0.29, 0.717) is 39.9 Å². The average Bonchev–Trinajstić information content (AvgIpc) is 3.44. The lowest BCUT2D eigenvalue weighted by Crippen LogP contribution is -2.52. The molecule has 4 atom stereocenters. The molecule has 0 spiro atoms. The molecule has 0 aromatic heterocycles. The molecule has 0 amide bonds. The highest BCUT2D eigenvalue weighted by Crippen LogP contribution is 2.61. The first-order chi connectivity index (χ1) is 17.9. The lowest BCUT2D eigenvalue weighted by Gasteiger charge is -2.47. The quantitative estimate of drug-likeness (QED) is 0.346. The van der Waals surface area contributed by atoms with Crippen molar-refractivity contribution in [2.24, 2.45) is 5.92 Å². The number of esters is 1. The van der Waals surface area contributed by atoms with E-state index in [0.717, 1.165) is 5.56 Å². The van der Waals surface area contributed by atoms with Crippen molar-refractivity contribution >= 4 is 14.3 Å². The van der Waals surface area contributed by atoms with Crippen LogP contribution in [-0.4, -0.2) is 54.7 Å². The fraction of sp³-hybridized carbons (Fsp3) is 0.536. The number of alkyl halides is 1. The van der Waals surface area contributed by atoms with E-state index in [4.69, 9.17) is 32.8 Å². The second-order valence-corrected chi connectivity index (χ2v) is 16.3. The van der Waals surface area contributed by atoms with Gasteiger partial charge in [-0.2, -0.15) is 0 Å². The molecule has 2 aromatic rings. The maximum Gasteiger partial charge on any atom is 0.345 e. The first-order valence-corrected chi connectivity index (χ1v) is 15.6. The van der Waals surface area contributed by atoms with Crippen molar-refractivity contribution < 1.29 is 42.0 Å². The summed E-state index contributed by atoms with van der Waals surface area (Å²) in [6.45, 7) is 10.6. The molecule has 3 aliphatic rings. The van der Waals surface area contributed by atoms with Gasteiger partial charge in [0, 0.05) is 0 Å². The largest absolute Gasteiger partial charge is 0.493 e. The van der Waals surface area contributed by atoms with Crippen molar-refractivity contribution in [1.82, 2.24) is 0 Å². The number of methoxy groups -OCH3 is 3. The third-order valence-corrected chi connectivity index (χ3v) is 12.9. The van der Waals surface area contributed by atoms with Gasteiger partial charge in [0.1, 0.15) is 6.61 Å². The van der Waals surface area contributed by atoms with Crippen molar-refractivity contribution in [3.05, 3.63) is 41.0 Å². The Bertz CT molecular complexity index is 1250. The summed E-state index contributed by atoms with van der Waals surface area (Å²) >= 11 is 0. The van der Waals surface area contributed by atoms with Crippen molar-refractivity contribution in [3.63, 3.8) is 0 Å². The second-order valence-electron chi connectivity index (χ2n) is 11.5. The molecule has 2 aromatic carbocycles. The molecule has 1 aliphatic carbocycles. The van der Waals surface area contributed by atoms with Crippen LogP contribution in [0, 0.1) is 5.92 Å². The van der Waals surface area contributed by atoms with Gasteiger partial charge in [0.15, 0.2) is 31.3 Å². The van der Waals surface area contributed by atoms with Crippen molar-refractivity contribution in [2.75, 3.05) is 34.7 Å². The number of ether oxygens (including phenoxy) is 6. The summed E-state index contributed by atoms with van der Waals surface area (Å²) < 4.78 is 57.9. The minimum Gasteiger partial charge on any atom is -0.493 e. The van der Waals surface area contributed by atoms with E-state index in [-0.39, 0.29) is 18.4 Å². The highest BCUT2D eigenvalue weighted by molar-refractivity contribution is 6.74. The van der Waals surface area contributed by atoms with Crippen LogP contribution in [0.4, 0.5) is 4.39 Å². The molecule has 2 heterocycles. The fourth-order valence-electron chi connectivity index (χ4n) is 5.43. The number of fused-ring (bicyclic) bond motifs is 3.